The quantitative estimate of drug-likeness (QED) is 0.653. The van der Waals surface area contributed by atoms with Crippen LogP contribution in [-0.4, -0.2) is 46.5 Å². The topological polar surface area (TPSA) is 65.9 Å². The summed E-state index contributed by atoms with van der Waals surface area (Å²) in [7, 11) is 8.00. The number of benzene rings is 2. The SMILES string of the molecule is CN(C)c1ccc([C@H](CNC(=O)C(=O)Nc2ccccc2Cl)[NH+](C)C)cc1. The molecular formula is C20H26ClN4O2+. The third-order valence-corrected chi connectivity index (χ3v) is 4.63. The number of nitrogens with one attached hydrogen (secondary N) is 3. The van der Waals surface area contributed by atoms with Gasteiger partial charge < -0.3 is 20.4 Å². The molecule has 0 fully saturated rings. The van der Waals surface area contributed by atoms with Crippen molar-refractivity contribution in [3.05, 3.63) is 59.1 Å². The van der Waals surface area contributed by atoms with E-state index >= 15 is 0 Å². The molecule has 0 heterocycles. The number of carbonyl (C=O) groups excluding carboxylic acids is 2. The van der Waals surface area contributed by atoms with Gasteiger partial charge in [0.15, 0.2) is 0 Å². The van der Waals surface area contributed by atoms with E-state index in [1.165, 1.54) is 0 Å². The van der Waals surface area contributed by atoms with E-state index in [1.54, 1.807) is 24.3 Å². The van der Waals surface area contributed by atoms with Crippen molar-refractivity contribution in [3.63, 3.8) is 0 Å². The van der Waals surface area contributed by atoms with Gasteiger partial charge in [0.1, 0.15) is 6.04 Å². The van der Waals surface area contributed by atoms with Gasteiger partial charge in [-0.15, -0.1) is 0 Å². The van der Waals surface area contributed by atoms with Crippen molar-refractivity contribution in [2.45, 2.75) is 6.04 Å². The molecule has 7 heteroatoms. The molecule has 6 nitrogen and oxygen atoms in total. The second kappa shape index (κ2) is 9.39. The van der Waals surface area contributed by atoms with Gasteiger partial charge in [-0.05, 0) is 24.3 Å². The Labute approximate surface area is 165 Å². The average Bonchev–Trinajstić information content (AvgIpc) is 2.63. The fourth-order valence-corrected chi connectivity index (χ4v) is 2.86. The van der Waals surface area contributed by atoms with Gasteiger partial charge in [-0.1, -0.05) is 35.9 Å². The lowest BCUT2D eigenvalue weighted by atomic mass is 10.1. The predicted molar refractivity (Wildman–Crippen MR) is 109 cm³/mol. The fraction of sp³-hybridized carbons (Fsp3) is 0.300. The Morgan fingerprint density at radius 2 is 1.67 bits per heavy atom. The van der Waals surface area contributed by atoms with Crippen molar-refractivity contribution in [1.29, 1.82) is 0 Å². The summed E-state index contributed by atoms with van der Waals surface area (Å²) in [5, 5.41) is 5.63. The van der Waals surface area contributed by atoms with Crippen LogP contribution in [0.4, 0.5) is 11.4 Å². The Kier molecular flexibility index (Phi) is 7.21. The minimum absolute atomic E-state index is 0.0262. The third-order valence-electron chi connectivity index (χ3n) is 4.30. The molecule has 0 saturated heterocycles. The van der Waals surface area contributed by atoms with Crippen molar-refractivity contribution < 1.29 is 14.5 Å². The molecule has 2 aromatic rings. The maximum Gasteiger partial charge on any atom is 0.313 e. The van der Waals surface area contributed by atoms with Crippen LogP contribution in [0.15, 0.2) is 48.5 Å². The van der Waals surface area contributed by atoms with E-state index < -0.39 is 11.8 Å². The van der Waals surface area contributed by atoms with Gasteiger partial charge in [-0.3, -0.25) is 9.59 Å². The van der Waals surface area contributed by atoms with Crippen LogP contribution in [0.3, 0.4) is 0 Å². The first-order chi connectivity index (χ1) is 12.8. The molecule has 2 rings (SSSR count). The highest BCUT2D eigenvalue weighted by Crippen LogP contribution is 2.20. The number of carbonyl (C=O) groups is 2. The summed E-state index contributed by atoms with van der Waals surface area (Å²) < 4.78 is 0. The third kappa shape index (κ3) is 5.70. The van der Waals surface area contributed by atoms with Crippen molar-refractivity contribution in [1.82, 2.24) is 5.32 Å². The number of hydrogen-bond acceptors (Lipinski definition) is 3. The number of quaternary nitrogens is 1. The first-order valence-corrected chi connectivity index (χ1v) is 9.08. The van der Waals surface area contributed by atoms with Gasteiger partial charge in [0.05, 0.1) is 31.4 Å². The predicted octanol–water partition coefficient (Wildman–Crippen LogP) is 1.35. The Bertz CT molecular complexity index is 791. The highest BCUT2D eigenvalue weighted by Gasteiger charge is 2.21. The van der Waals surface area contributed by atoms with Crippen LogP contribution in [0, 0.1) is 0 Å². The number of hydrogen-bond donors (Lipinski definition) is 3. The number of likely N-dealkylation sites (N-methyl/N-ethyl adjacent to an activating group) is 1. The number of nitrogens with zero attached hydrogens (tertiary/aromatic N) is 1. The number of amides is 2. The van der Waals surface area contributed by atoms with E-state index in [4.69, 9.17) is 11.6 Å². The summed E-state index contributed by atoms with van der Waals surface area (Å²) >= 11 is 6.00. The lowest BCUT2D eigenvalue weighted by Gasteiger charge is -2.23. The minimum atomic E-state index is -0.737. The highest BCUT2D eigenvalue weighted by atomic mass is 35.5. The molecule has 0 saturated carbocycles. The van der Waals surface area contributed by atoms with Crippen LogP contribution in [0.5, 0.6) is 0 Å². The van der Waals surface area contributed by atoms with Crippen LogP contribution >= 0.6 is 11.6 Å². The van der Waals surface area contributed by atoms with E-state index in [1.807, 2.05) is 57.4 Å². The van der Waals surface area contributed by atoms with Gasteiger partial charge in [0.2, 0.25) is 0 Å². The summed E-state index contributed by atoms with van der Waals surface area (Å²) in [6.45, 7) is 0.346. The van der Waals surface area contributed by atoms with Crippen molar-refractivity contribution >= 4 is 34.8 Å². The van der Waals surface area contributed by atoms with E-state index in [0.717, 1.165) is 16.2 Å². The molecule has 0 unspecified atom stereocenters. The van der Waals surface area contributed by atoms with Gasteiger partial charge in [-0.2, -0.15) is 0 Å². The lowest BCUT2D eigenvalue weighted by Crippen LogP contribution is -3.07. The molecule has 0 aromatic heterocycles. The van der Waals surface area contributed by atoms with Crippen molar-refractivity contribution in [3.8, 4) is 0 Å². The molecule has 1 atom stereocenters. The van der Waals surface area contributed by atoms with Gasteiger partial charge in [-0.25, -0.2) is 0 Å². The van der Waals surface area contributed by atoms with E-state index in [0.29, 0.717) is 17.3 Å². The molecule has 0 aliphatic carbocycles. The number of rotatable bonds is 6. The lowest BCUT2D eigenvalue weighted by molar-refractivity contribution is -0.890. The van der Waals surface area contributed by atoms with Crippen LogP contribution in [0.2, 0.25) is 5.02 Å². The number of para-hydroxylation sites is 1. The summed E-state index contributed by atoms with van der Waals surface area (Å²) in [6, 6.07) is 15.0. The second-order valence-corrected chi connectivity index (χ2v) is 7.17. The molecule has 0 aliphatic rings. The molecule has 0 radical (unpaired) electrons. The van der Waals surface area contributed by atoms with E-state index in [2.05, 4.69) is 10.6 Å². The molecule has 0 aliphatic heterocycles. The van der Waals surface area contributed by atoms with Gasteiger partial charge in [0.25, 0.3) is 0 Å². The molecule has 2 amide bonds. The molecule has 2 aromatic carbocycles. The summed E-state index contributed by atoms with van der Waals surface area (Å²) in [5.41, 5.74) is 2.61. The molecule has 3 N–H and O–H groups in total. The van der Waals surface area contributed by atoms with Crippen LogP contribution in [-0.2, 0) is 9.59 Å². The highest BCUT2D eigenvalue weighted by molar-refractivity contribution is 6.41. The first-order valence-electron chi connectivity index (χ1n) is 8.70. The fourth-order valence-electron chi connectivity index (χ4n) is 2.68. The van der Waals surface area contributed by atoms with E-state index in [9.17, 15) is 9.59 Å². The zero-order chi connectivity index (χ0) is 20.0. The summed E-state index contributed by atoms with van der Waals surface area (Å²) in [5.74, 6) is -1.43. The van der Waals surface area contributed by atoms with Crippen molar-refractivity contribution in [2.75, 3.05) is 45.0 Å². The Morgan fingerprint density at radius 1 is 1.04 bits per heavy atom. The second-order valence-electron chi connectivity index (χ2n) is 6.76. The monoisotopic (exact) mass is 389 g/mol. The van der Waals surface area contributed by atoms with Crippen molar-refractivity contribution in [2.24, 2.45) is 0 Å². The van der Waals surface area contributed by atoms with Crippen LogP contribution < -0.4 is 20.4 Å². The molecule has 144 valence electrons. The maximum absolute atomic E-state index is 12.2. The average molecular weight is 390 g/mol. The zero-order valence-corrected chi connectivity index (χ0v) is 16.8. The Balaban J connectivity index is 1.99. The summed E-state index contributed by atoms with van der Waals surface area (Å²) in [4.78, 5) is 27.5. The van der Waals surface area contributed by atoms with E-state index in [-0.39, 0.29) is 6.04 Å². The Hall–Kier alpha value is -2.57. The molecule has 27 heavy (non-hydrogen) atoms. The zero-order valence-electron chi connectivity index (χ0n) is 16.0. The van der Waals surface area contributed by atoms with Gasteiger partial charge >= 0.3 is 11.8 Å². The Morgan fingerprint density at radius 3 is 2.22 bits per heavy atom. The summed E-state index contributed by atoms with van der Waals surface area (Å²) in [6.07, 6.45) is 0. The number of halogens is 1. The standard InChI is InChI=1S/C20H25ClN4O2/c1-24(2)15-11-9-14(10-12-15)18(25(3)4)13-22-19(26)20(27)23-17-8-6-5-7-16(17)21/h5-12,18H,13H2,1-4H3,(H,22,26)(H,23,27)/p+1/t18-/m0/s1. The minimum Gasteiger partial charge on any atom is -0.378 e. The molecule has 0 spiro atoms. The van der Waals surface area contributed by atoms with Crippen LogP contribution in [0.1, 0.15) is 11.6 Å². The normalized spacial score (nSPS) is 11.8. The maximum atomic E-state index is 12.2. The number of anilines is 2. The molecule has 0 bridgehead atoms. The van der Waals surface area contributed by atoms with Gasteiger partial charge in [0, 0.05) is 25.3 Å². The van der Waals surface area contributed by atoms with Crippen LogP contribution in [0.25, 0.3) is 0 Å². The smallest absolute Gasteiger partial charge is 0.313 e. The molecular weight excluding hydrogens is 364 g/mol. The largest absolute Gasteiger partial charge is 0.378 e. The first kappa shape index (κ1) is 20.7.